The SMILES string of the molecule is c1ccc(CN2CCSC2=Nc2ccccc2)cc1. The van der Waals surface area contributed by atoms with Crippen molar-refractivity contribution in [2.24, 2.45) is 4.99 Å². The van der Waals surface area contributed by atoms with Crippen molar-refractivity contribution in [3.8, 4) is 0 Å². The summed E-state index contributed by atoms with van der Waals surface area (Å²) in [5, 5.41) is 1.13. The van der Waals surface area contributed by atoms with E-state index in [1.54, 1.807) is 0 Å². The van der Waals surface area contributed by atoms with Gasteiger partial charge >= 0.3 is 0 Å². The van der Waals surface area contributed by atoms with E-state index < -0.39 is 0 Å². The fraction of sp³-hybridized carbons (Fsp3) is 0.188. The summed E-state index contributed by atoms with van der Waals surface area (Å²) in [5.74, 6) is 1.12. The van der Waals surface area contributed by atoms with E-state index in [0.29, 0.717) is 0 Å². The fourth-order valence-electron chi connectivity index (χ4n) is 2.10. The Balaban J connectivity index is 1.77. The fourth-order valence-corrected chi connectivity index (χ4v) is 3.10. The molecule has 0 bridgehead atoms. The van der Waals surface area contributed by atoms with E-state index in [2.05, 4.69) is 35.2 Å². The van der Waals surface area contributed by atoms with Crippen molar-refractivity contribution in [1.82, 2.24) is 4.90 Å². The van der Waals surface area contributed by atoms with Gasteiger partial charge in [0.2, 0.25) is 0 Å². The molecule has 2 aromatic carbocycles. The van der Waals surface area contributed by atoms with Crippen LogP contribution in [0.25, 0.3) is 0 Å². The van der Waals surface area contributed by atoms with Crippen LogP contribution in [0.2, 0.25) is 0 Å². The van der Waals surface area contributed by atoms with Gasteiger partial charge in [0, 0.05) is 18.8 Å². The second-order valence-electron chi connectivity index (χ2n) is 4.49. The summed E-state index contributed by atoms with van der Waals surface area (Å²) < 4.78 is 0. The molecule has 0 atom stereocenters. The highest BCUT2D eigenvalue weighted by Gasteiger charge is 2.19. The Bertz CT molecular complexity index is 551. The van der Waals surface area contributed by atoms with Crippen LogP contribution in [0.15, 0.2) is 65.7 Å². The van der Waals surface area contributed by atoms with Gasteiger partial charge in [-0.2, -0.15) is 0 Å². The topological polar surface area (TPSA) is 15.6 Å². The van der Waals surface area contributed by atoms with Crippen molar-refractivity contribution in [3.63, 3.8) is 0 Å². The number of para-hydroxylation sites is 1. The second kappa shape index (κ2) is 5.93. The first kappa shape index (κ1) is 12.3. The number of hydrogen-bond acceptors (Lipinski definition) is 2. The normalized spacial score (nSPS) is 17.1. The number of nitrogens with zero attached hydrogens (tertiary/aromatic N) is 2. The van der Waals surface area contributed by atoms with Gasteiger partial charge in [0.15, 0.2) is 5.17 Å². The van der Waals surface area contributed by atoms with E-state index in [1.165, 1.54) is 5.56 Å². The molecule has 2 nitrogen and oxygen atoms in total. The Kier molecular flexibility index (Phi) is 3.84. The predicted octanol–water partition coefficient (Wildman–Crippen LogP) is 3.92. The van der Waals surface area contributed by atoms with E-state index in [0.717, 1.165) is 29.7 Å². The second-order valence-corrected chi connectivity index (χ2v) is 5.55. The summed E-state index contributed by atoms with van der Waals surface area (Å²) in [6.45, 7) is 2.02. The Hall–Kier alpha value is -1.74. The Morgan fingerprint density at radius 1 is 0.947 bits per heavy atom. The van der Waals surface area contributed by atoms with Gasteiger partial charge in [-0.25, -0.2) is 4.99 Å². The molecule has 0 N–H and O–H groups in total. The molecular weight excluding hydrogens is 252 g/mol. The molecule has 3 heteroatoms. The highest BCUT2D eigenvalue weighted by atomic mass is 32.2. The van der Waals surface area contributed by atoms with Gasteiger partial charge in [0.25, 0.3) is 0 Å². The zero-order chi connectivity index (χ0) is 12.9. The number of benzene rings is 2. The quantitative estimate of drug-likeness (QED) is 0.838. The molecule has 0 saturated carbocycles. The van der Waals surface area contributed by atoms with Crippen LogP contribution in [-0.4, -0.2) is 22.4 Å². The first-order chi connectivity index (χ1) is 9.42. The molecule has 96 valence electrons. The Morgan fingerprint density at radius 2 is 1.63 bits per heavy atom. The number of aliphatic imine (C=N–C) groups is 1. The molecule has 0 radical (unpaired) electrons. The zero-order valence-electron chi connectivity index (χ0n) is 10.7. The molecule has 0 amide bonds. The minimum absolute atomic E-state index is 0.944. The third kappa shape index (κ3) is 3.18. The average Bonchev–Trinajstić information content (AvgIpc) is 2.88. The molecule has 0 unspecified atom stereocenters. The van der Waals surface area contributed by atoms with Gasteiger partial charge in [-0.3, -0.25) is 0 Å². The summed E-state index contributed by atoms with van der Waals surface area (Å²) in [5.41, 5.74) is 2.37. The molecule has 0 aliphatic carbocycles. The molecule has 1 heterocycles. The van der Waals surface area contributed by atoms with Crippen molar-refractivity contribution in [1.29, 1.82) is 0 Å². The minimum Gasteiger partial charge on any atom is -0.346 e. The molecule has 2 aromatic rings. The Morgan fingerprint density at radius 3 is 2.37 bits per heavy atom. The Labute approximate surface area is 118 Å². The minimum atomic E-state index is 0.944. The van der Waals surface area contributed by atoms with Gasteiger partial charge in [0.1, 0.15) is 0 Å². The number of thioether (sulfide) groups is 1. The van der Waals surface area contributed by atoms with Crippen molar-refractivity contribution in [3.05, 3.63) is 66.2 Å². The lowest BCUT2D eigenvalue weighted by molar-refractivity contribution is 0.457. The maximum Gasteiger partial charge on any atom is 0.164 e. The lowest BCUT2D eigenvalue weighted by Gasteiger charge is -2.17. The van der Waals surface area contributed by atoms with E-state index in [1.807, 2.05) is 42.1 Å². The first-order valence-electron chi connectivity index (χ1n) is 6.47. The van der Waals surface area contributed by atoms with Gasteiger partial charge in [-0.1, -0.05) is 60.3 Å². The lowest BCUT2D eigenvalue weighted by atomic mass is 10.2. The predicted molar refractivity (Wildman–Crippen MR) is 82.8 cm³/mol. The highest BCUT2D eigenvalue weighted by Crippen LogP contribution is 2.24. The maximum atomic E-state index is 4.74. The average molecular weight is 268 g/mol. The van der Waals surface area contributed by atoms with Crippen LogP contribution in [0.1, 0.15) is 5.56 Å². The van der Waals surface area contributed by atoms with Crippen molar-refractivity contribution in [2.45, 2.75) is 6.54 Å². The van der Waals surface area contributed by atoms with Crippen molar-refractivity contribution in [2.75, 3.05) is 12.3 Å². The summed E-state index contributed by atoms with van der Waals surface area (Å²) in [6.07, 6.45) is 0. The van der Waals surface area contributed by atoms with Crippen molar-refractivity contribution < 1.29 is 0 Å². The third-order valence-corrected chi connectivity index (χ3v) is 4.05. The summed E-state index contributed by atoms with van der Waals surface area (Å²) in [6, 6.07) is 20.8. The van der Waals surface area contributed by atoms with Crippen LogP contribution in [-0.2, 0) is 6.54 Å². The number of rotatable bonds is 3. The number of amidine groups is 1. The van der Waals surface area contributed by atoms with E-state index in [4.69, 9.17) is 4.99 Å². The molecule has 1 saturated heterocycles. The molecule has 0 aromatic heterocycles. The van der Waals surface area contributed by atoms with Crippen LogP contribution >= 0.6 is 11.8 Å². The number of hydrogen-bond donors (Lipinski definition) is 0. The first-order valence-corrected chi connectivity index (χ1v) is 7.46. The van der Waals surface area contributed by atoms with E-state index in [9.17, 15) is 0 Å². The van der Waals surface area contributed by atoms with Gasteiger partial charge in [-0.05, 0) is 17.7 Å². The van der Waals surface area contributed by atoms with Crippen LogP contribution in [0.4, 0.5) is 5.69 Å². The zero-order valence-corrected chi connectivity index (χ0v) is 11.5. The standard InChI is InChI=1S/C16H16N2S/c1-3-7-14(8-4-1)13-18-11-12-19-16(18)17-15-9-5-2-6-10-15/h1-10H,11-13H2. The van der Waals surface area contributed by atoms with Gasteiger partial charge < -0.3 is 4.90 Å². The molecular formula is C16H16N2S. The largest absolute Gasteiger partial charge is 0.346 e. The van der Waals surface area contributed by atoms with Gasteiger partial charge in [0.05, 0.1) is 5.69 Å². The molecule has 0 spiro atoms. The smallest absolute Gasteiger partial charge is 0.164 e. The van der Waals surface area contributed by atoms with Crippen LogP contribution in [0, 0.1) is 0 Å². The van der Waals surface area contributed by atoms with Crippen molar-refractivity contribution >= 4 is 22.6 Å². The summed E-state index contributed by atoms with van der Waals surface area (Å²) in [4.78, 5) is 7.10. The summed E-state index contributed by atoms with van der Waals surface area (Å²) in [7, 11) is 0. The molecule has 1 fully saturated rings. The van der Waals surface area contributed by atoms with Crippen LogP contribution < -0.4 is 0 Å². The molecule has 1 aliphatic rings. The third-order valence-electron chi connectivity index (χ3n) is 3.06. The van der Waals surface area contributed by atoms with Crippen LogP contribution in [0.3, 0.4) is 0 Å². The van der Waals surface area contributed by atoms with Gasteiger partial charge in [-0.15, -0.1) is 0 Å². The van der Waals surface area contributed by atoms with Crippen LogP contribution in [0.5, 0.6) is 0 Å². The van der Waals surface area contributed by atoms with E-state index in [-0.39, 0.29) is 0 Å². The molecule has 1 aliphatic heterocycles. The molecule has 3 rings (SSSR count). The monoisotopic (exact) mass is 268 g/mol. The molecule has 19 heavy (non-hydrogen) atoms. The lowest BCUT2D eigenvalue weighted by Crippen LogP contribution is -2.23. The highest BCUT2D eigenvalue weighted by molar-refractivity contribution is 8.14. The van der Waals surface area contributed by atoms with E-state index >= 15 is 0 Å². The maximum absolute atomic E-state index is 4.74. The summed E-state index contributed by atoms with van der Waals surface area (Å²) >= 11 is 1.84.